The lowest BCUT2D eigenvalue weighted by Crippen LogP contribution is -2.28. The molecule has 8 aromatic carbocycles. The first-order chi connectivity index (χ1) is 33.2. The molecule has 0 saturated carbocycles. The second kappa shape index (κ2) is 15.6. The molecule has 0 bridgehead atoms. The number of ether oxygens (including phenoxy) is 2. The molecule has 0 spiro atoms. The van der Waals surface area contributed by atoms with E-state index in [1.165, 1.54) is 0 Å². The van der Waals surface area contributed by atoms with Crippen LogP contribution >= 0.6 is 0 Å². The van der Waals surface area contributed by atoms with Gasteiger partial charge in [0, 0.05) is 45.1 Å². The summed E-state index contributed by atoms with van der Waals surface area (Å²) in [6, 6.07) is 75.7. The molecular formula is C61H38N4O2. The third-order valence-electron chi connectivity index (χ3n) is 13.1. The zero-order valence-corrected chi connectivity index (χ0v) is 36.0. The summed E-state index contributed by atoms with van der Waals surface area (Å²) in [5.41, 5.74) is 13.2. The van der Waals surface area contributed by atoms with Gasteiger partial charge >= 0.3 is 0 Å². The molecule has 0 saturated heterocycles. The topological polar surface area (TPSA) is 70.0 Å². The average molecular weight is 859 g/mol. The number of nitrogens with zero attached hydrogens (tertiary/aromatic N) is 4. The molecule has 0 fully saturated rings. The first-order valence-electron chi connectivity index (χ1n) is 22.4. The maximum absolute atomic E-state index is 6.60. The molecule has 1 aliphatic carbocycles. The molecule has 0 N–H and O–H groups in total. The summed E-state index contributed by atoms with van der Waals surface area (Å²) in [7, 11) is 0. The highest BCUT2D eigenvalue weighted by molar-refractivity contribution is 6.04. The van der Waals surface area contributed by atoms with Crippen LogP contribution in [-0.4, -0.2) is 19.9 Å². The summed E-state index contributed by atoms with van der Waals surface area (Å²) < 4.78 is 13.2. The third kappa shape index (κ3) is 6.49. The molecule has 13 rings (SSSR count). The Morgan fingerprint density at radius 2 is 0.716 bits per heavy atom. The molecule has 0 atom stereocenters. The standard InChI is InChI=1S/C61H38N4O2/c1-3-11-47(12-4-1)66-49-29-31-51-52-32-30-50(67-48-13-5-2-6-14-48)38-54(52)61(53(51)37-49,45-25-19-39(20-26-45)55-33-23-43-17-15-41-9-7-35-62-57(41)59(43)64-55)46-27-21-40(22-28-46)56-34-24-44-18-16-42-10-8-36-63-58(42)60(44)65-56/h1-38H. The summed E-state index contributed by atoms with van der Waals surface area (Å²) in [5.74, 6) is 3.04. The van der Waals surface area contributed by atoms with Crippen LogP contribution < -0.4 is 9.47 Å². The monoisotopic (exact) mass is 858 g/mol. The van der Waals surface area contributed by atoms with Gasteiger partial charge in [0.25, 0.3) is 0 Å². The fraction of sp³-hybridized carbons (Fsp3) is 0.0164. The Bertz CT molecular complexity index is 3600. The van der Waals surface area contributed by atoms with E-state index in [1.807, 2.05) is 85.2 Å². The predicted octanol–water partition coefficient (Wildman–Crippen LogP) is 15.2. The number of para-hydroxylation sites is 2. The van der Waals surface area contributed by atoms with E-state index < -0.39 is 5.41 Å². The zero-order chi connectivity index (χ0) is 44.3. The Hall–Kier alpha value is -9.00. The maximum Gasteiger partial charge on any atom is 0.127 e. The predicted molar refractivity (Wildman–Crippen MR) is 269 cm³/mol. The Kier molecular flexibility index (Phi) is 8.96. The number of pyridine rings is 4. The Morgan fingerprint density at radius 1 is 0.313 bits per heavy atom. The van der Waals surface area contributed by atoms with Gasteiger partial charge in [-0.15, -0.1) is 0 Å². The van der Waals surface area contributed by atoms with Gasteiger partial charge in [-0.3, -0.25) is 9.97 Å². The summed E-state index contributed by atoms with van der Waals surface area (Å²) in [6.45, 7) is 0. The van der Waals surface area contributed by atoms with Crippen molar-refractivity contribution >= 4 is 43.6 Å². The zero-order valence-electron chi connectivity index (χ0n) is 36.0. The van der Waals surface area contributed by atoms with Crippen molar-refractivity contribution in [2.45, 2.75) is 5.41 Å². The van der Waals surface area contributed by atoms with E-state index in [4.69, 9.17) is 29.4 Å². The lowest BCUT2D eigenvalue weighted by Gasteiger charge is -2.34. The molecule has 12 aromatic rings. The number of benzene rings is 8. The Labute approximate surface area is 386 Å². The molecule has 1 aliphatic rings. The first kappa shape index (κ1) is 38.5. The molecule has 4 heterocycles. The second-order valence-corrected chi connectivity index (χ2v) is 17.0. The molecule has 6 nitrogen and oxygen atoms in total. The van der Waals surface area contributed by atoms with Gasteiger partial charge in [0.2, 0.25) is 0 Å². The van der Waals surface area contributed by atoms with Crippen LogP contribution in [0.5, 0.6) is 23.0 Å². The molecule has 4 aromatic heterocycles. The van der Waals surface area contributed by atoms with Gasteiger partial charge in [-0.05, 0) is 106 Å². The van der Waals surface area contributed by atoms with Crippen molar-refractivity contribution < 1.29 is 9.47 Å². The van der Waals surface area contributed by atoms with Crippen LogP contribution in [0.15, 0.2) is 231 Å². The number of rotatable bonds is 8. The minimum Gasteiger partial charge on any atom is -0.457 e. The molecule has 0 amide bonds. The van der Waals surface area contributed by atoms with Crippen molar-refractivity contribution in [1.29, 1.82) is 0 Å². The van der Waals surface area contributed by atoms with E-state index >= 15 is 0 Å². The summed E-state index contributed by atoms with van der Waals surface area (Å²) in [5, 5.41) is 4.24. The fourth-order valence-electron chi connectivity index (χ4n) is 10.00. The number of aromatic nitrogens is 4. The second-order valence-electron chi connectivity index (χ2n) is 17.0. The molecule has 0 unspecified atom stereocenters. The normalized spacial score (nSPS) is 12.6. The minimum atomic E-state index is -0.804. The van der Waals surface area contributed by atoms with Crippen molar-refractivity contribution in [3.8, 4) is 56.6 Å². The van der Waals surface area contributed by atoms with E-state index in [9.17, 15) is 0 Å². The van der Waals surface area contributed by atoms with E-state index in [-0.39, 0.29) is 0 Å². The Balaban J connectivity index is 1.01. The Morgan fingerprint density at radius 3 is 1.15 bits per heavy atom. The van der Waals surface area contributed by atoms with Gasteiger partial charge in [-0.1, -0.05) is 146 Å². The van der Waals surface area contributed by atoms with Crippen LogP contribution in [0.1, 0.15) is 22.3 Å². The van der Waals surface area contributed by atoms with Crippen LogP contribution in [0, 0.1) is 0 Å². The largest absolute Gasteiger partial charge is 0.457 e. The van der Waals surface area contributed by atoms with Crippen LogP contribution in [0.25, 0.3) is 77.3 Å². The summed E-state index contributed by atoms with van der Waals surface area (Å²) >= 11 is 0. The highest BCUT2D eigenvalue weighted by Gasteiger charge is 2.47. The molecule has 0 aliphatic heterocycles. The maximum atomic E-state index is 6.60. The van der Waals surface area contributed by atoms with Gasteiger partial charge in [0.15, 0.2) is 0 Å². The smallest absolute Gasteiger partial charge is 0.127 e. The molecule has 0 radical (unpaired) electrons. The lowest BCUT2D eigenvalue weighted by atomic mass is 9.67. The molecule has 314 valence electrons. The van der Waals surface area contributed by atoms with Crippen molar-refractivity contribution in [3.05, 3.63) is 253 Å². The van der Waals surface area contributed by atoms with Crippen molar-refractivity contribution in [1.82, 2.24) is 19.9 Å². The van der Waals surface area contributed by atoms with Gasteiger partial charge in [-0.25, -0.2) is 9.97 Å². The van der Waals surface area contributed by atoms with E-state index in [0.717, 1.165) is 123 Å². The summed E-state index contributed by atoms with van der Waals surface area (Å²) in [6.07, 6.45) is 3.66. The lowest BCUT2D eigenvalue weighted by molar-refractivity contribution is 0.480. The van der Waals surface area contributed by atoms with Crippen LogP contribution in [0.3, 0.4) is 0 Å². The first-order valence-corrected chi connectivity index (χ1v) is 22.4. The van der Waals surface area contributed by atoms with Gasteiger partial charge in [0.1, 0.15) is 23.0 Å². The fourth-order valence-corrected chi connectivity index (χ4v) is 10.00. The molecule has 6 heteroatoms. The van der Waals surface area contributed by atoms with Gasteiger partial charge in [-0.2, -0.15) is 0 Å². The van der Waals surface area contributed by atoms with Gasteiger partial charge < -0.3 is 9.47 Å². The summed E-state index contributed by atoms with van der Waals surface area (Å²) in [4.78, 5) is 19.9. The van der Waals surface area contributed by atoms with Crippen molar-refractivity contribution in [3.63, 3.8) is 0 Å². The van der Waals surface area contributed by atoms with E-state index in [1.54, 1.807) is 0 Å². The van der Waals surface area contributed by atoms with Crippen LogP contribution in [-0.2, 0) is 5.41 Å². The number of hydrogen-bond acceptors (Lipinski definition) is 6. The highest BCUT2D eigenvalue weighted by atomic mass is 16.5. The SMILES string of the molecule is c1ccc(Oc2ccc3c(c2)C(c2ccc(-c4ccc5ccc6cccnc6c5n4)cc2)(c2ccc(-c4ccc5ccc6cccnc6c5n4)cc2)c2cc(Oc4ccccc4)ccc2-3)cc1. The third-order valence-corrected chi connectivity index (χ3v) is 13.1. The molecule has 67 heavy (non-hydrogen) atoms. The quantitative estimate of drug-likeness (QED) is 0.142. The van der Waals surface area contributed by atoms with Crippen LogP contribution in [0.2, 0.25) is 0 Å². The van der Waals surface area contributed by atoms with Crippen LogP contribution in [0.4, 0.5) is 0 Å². The van der Waals surface area contributed by atoms with Crippen molar-refractivity contribution in [2.75, 3.05) is 0 Å². The van der Waals surface area contributed by atoms with E-state index in [0.29, 0.717) is 0 Å². The highest BCUT2D eigenvalue weighted by Crippen LogP contribution is 2.58. The number of fused-ring (bicyclic) bond motifs is 9. The van der Waals surface area contributed by atoms with E-state index in [2.05, 4.69) is 146 Å². The number of hydrogen-bond donors (Lipinski definition) is 0. The van der Waals surface area contributed by atoms with Crippen molar-refractivity contribution in [2.24, 2.45) is 0 Å². The van der Waals surface area contributed by atoms with Gasteiger partial charge in [0.05, 0.1) is 38.9 Å². The average Bonchev–Trinajstić information content (AvgIpc) is 3.68. The minimum absolute atomic E-state index is 0.749. The molecular weight excluding hydrogens is 821 g/mol.